The summed E-state index contributed by atoms with van der Waals surface area (Å²) in [5.74, 6) is 0. The van der Waals surface area contributed by atoms with Crippen molar-refractivity contribution in [2.75, 3.05) is 4.72 Å². The number of rotatable bonds is 6. The Bertz CT molecular complexity index is 1300. The lowest BCUT2D eigenvalue weighted by Crippen LogP contribution is -2.12. The highest BCUT2D eigenvalue weighted by molar-refractivity contribution is 7.92. The zero-order chi connectivity index (χ0) is 21.1. The molecule has 0 saturated heterocycles. The van der Waals surface area contributed by atoms with Crippen molar-refractivity contribution >= 4 is 32.7 Å². The van der Waals surface area contributed by atoms with Gasteiger partial charge in [0.2, 0.25) is 0 Å². The van der Waals surface area contributed by atoms with E-state index < -0.39 is 14.9 Å². The molecule has 1 aromatic heterocycles. The van der Waals surface area contributed by atoms with Crippen LogP contribution in [0.2, 0.25) is 0 Å². The van der Waals surface area contributed by atoms with Crippen LogP contribution in [0.4, 0.5) is 11.4 Å². The predicted octanol–water partition coefficient (Wildman–Crippen LogP) is 5.19. The van der Waals surface area contributed by atoms with Crippen LogP contribution in [-0.4, -0.2) is 18.3 Å². The summed E-state index contributed by atoms with van der Waals surface area (Å²) in [4.78, 5) is 14.8. The number of benzene rings is 3. The Balaban J connectivity index is 1.58. The summed E-state index contributed by atoms with van der Waals surface area (Å²) in [5.41, 5.74) is 2.74. The van der Waals surface area contributed by atoms with Gasteiger partial charge in [0.25, 0.3) is 15.7 Å². The van der Waals surface area contributed by atoms with Crippen molar-refractivity contribution in [2.45, 2.75) is 4.90 Å². The van der Waals surface area contributed by atoms with Crippen molar-refractivity contribution in [3.8, 4) is 21.8 Å². The van der Waals surface area contributed by atoms with Crippen LogP contribution in [0.25, 0.3) is 21.8 Å². The average Bonchev–Trinajstić information content (AvgIpc) is 3.25. The number of anilines is 1. The zero-order valence-corrected chi connectivity index (χ0v) is 17.1. The van der Waals surface area contributed by atoms with E-state index >= 15 is 0 Å². The molecule has 0 aliphatic carbocycles. The van der Waals surface area contributed by atoms with Crippen LogP contribution >= 0.6 is 11.3 Å². The van der Waals surface area contributed by atoms with Crippen LogP contribution in [0, 0.1) is 10.1 Å². The maximum absolute atomic E-state index is 12.6. The quantitative estimate of drug-likeness (QED) is 0.330. The third-order valence-corrected chi connectivity index (χ3v) is 6.58. The maximum Gasteiger partial charge on any atom is 0.269 e. The number of thiazole rings is 1. The minimum atomic E-state index is -3.88. The molecule has 1 N–H and O–H groups in total. The molecule has 4 aromatic rings. The Hall–Kier alpha value is -3.56. The Morgan fingerprint density at radius 3 is 2.30 bits per heavy atom. The number of aromatic nitrogens is 1. The third-order valence-electron chi connectivity index (χ3n) is 4.29. The van der Waals surface area contributed by atoms with E-state index in [1.165, 1.54) is 23.5 Å². The smallest absolute Gasteiger partial charge is 0.269 e. The molecule has 0 unspecified atom stereocenters. The molecular weight excluding hydrogens is 422 g/mol. The van der Waals surface area contributed by atoms with E-state index in [0.29, 0.717) is 5.69 Å². The van der Waals surface area contributed by atoms with Gasteiger partial charge in [0.15, 0.2) is 0 Å². The summed E-state index contributed by atoms with van der Waals surface area (Å²) < 4.78 is 27.8. The van der Waals surface area contributed by atoms with Crippen LogP contribution in [0.5, 0.6) is 0 Å². The minimum Gasteiger partial charge on any atom is -0.280 e. The van der Waals surface area contributed by atoms with E-state index in [0.717, 1.165) is 34.0 Å². The predicted molar refractivity (Wildman–Crippen MR) is 117 cm³/mol. The zero-order valence-electron chi connectivity index (χ0n) is 15.4. The molecule has 9 heteroatoms. The van der Waals surface area contributed by atoms with Crippen molar-refractivity contribution in [1.82, 2.24) is 4.98 Å². The summed E-state index contributed by atoms with van der Waals surface area (Å²) in [6.45, 7) is 0. The molecule has 150 valence electrons. The molecule has 3 aromatic carbocycles. The van der Waals surface area contributed by atoms with E-state index in [4.69, 9.17) is 0 Å². The molecule has 0 bridgehead atoms. The Morgan fingerprint density at radius 2 is 1.60 bits per heavy atom. The first kappa shape index (κ1) is 19.7. The lowest BCUT2D eigenvalue weighted by molar-refractivity contribution is -0.384. The van der Waals surface area contributed by atoms with E-state index in [2.05, 4.69) is 9.71 Å². The number of nitro groups is 1. The Labute approximate surface area is 176 Å². The molecule has 0 saturated carbocycles. The topological polar surface area (TPSA) is 102 Å². The van der Waals surface area contributed by atoms with Crippen molar-refractivity contribution in [3.63, 3.8) is 0 Å². The van der Waals surface area contributed by atoms with Gasteiger partial charge in [-0.1, -0.05) is 42.5 Å². The molecular formula is C21H15N3O4S2. The van der Waals surface area contributed by atoms with Crippen molar-refractivity contribution in [3.05, 3.63) is 94.4 Å². The number of nitrogens with zero attached hydrogens (tertiary/aromatic N) is 2. The molecule has 1 heterocycles. The number of hydrogen-bond donors (Lipinski definition) is 1. The van der Waals surface area contributed by atoms with Gasteiger partial charge in [-0.2, -0.15) is 0 Å². The molecule has 0 amide bonds. The Morgan fingerprint density at radius 1 is 0.900 bits per heavy atom. The number of hydrogen-bond acceptors (Lipinski definition) is 6. The van der Waals surface area contributed by atoms with Crippen LogP contribution in [0.1, 0.15) is 0 Å². The van der Waals surface area contributed by atoms with Gasteiger partial charge in [0, 0.05) is 34.3 Å². The van der Waals surface area contributed by atoms with Crippen molar-refractivity contribution < 1.29 is 13.3 Å². The van der Waals surface area contributed by atoms with Gasteiger partial charge < -0.3 is 0 Å². The minimum absolute atomic E-state index is 0.0569. The van der Waals surface area contributed by atoms with Crippen LogP contribution in [0.3, 0.4) is 0 Å². The van der Waals surface area contributed by atoms with Crippen LogP contribution < -0.4 is 4.72 Å². The first-order valence-corrected chi connectivity index (χ1v) is 11.2. The van der Waals surface area contributed by atoms with Crippen LogP contribution in [-0.2, 0) is 10.0 Å². The van der Waals surface area contributed by atoms with Crippen LogP contribution in [0.15, 0.2) is 89.1 Å². The molecule has 0 atom stereocenters. The lowest BCUT2D eigenvalue weighted by Gasteiger charge is -2.09. The second-order valence-electron chi connectivity index (χ2n) is 6.34. The SMILES string of the molecule is O=[N+]([O-])c1ccc(S(=O)(=O)Nc2cccc(-c3csc(-c4ccccc4)n3)c2)cc1. The van der Waals surface area contributed by atoms with E-state index in [9.17, 15) is 18.5 Å². The summed E-state index contributed by atoms with van der Waals surface area (Å²) in [7, 11) is -3.88. The summed E-state index contributed by atoms with van der Waals surface area (Å²) in [6, 6.07) is 21.5. The van der Waals surface area contributed by atoms with Gasteiger partial charge in [-0.15, -0.1) is 11.3 Å². The summed E-state index contributed by atoms with van der Waals surface area (Å²) in [5, 5.41) is 13.6. The second kappa shape index (κ2) is 8.05. The molecule has 0 fully saturated rings. The molecule has 4 rings (SSSR count). The van der Waals surface area contributed by atoms with E-state index in [1.54, 1.807) is 18.2 Å². The van der Waals surface area contributed by atoms with E-state index in [1.807, 2.05) is 41.8 Å². The average molecular weight is 438 g/mol. The lowest BCUT2D eigenvalue weighted by atomic mass is 10.1. The molecule has 7 nitrogen and oxygen atoms in total. The van der Waals surface area contributed by atoms with Crippen molar-refractivity contribution in [1.29, 1.82) is 0 Å². The largest absolute Gasteiger partial charge is 0.280 e. The maximum atomic E-state index is 12.6. The number of nitrogens with one attached hydrogen (secondary N) is 1. The highest BCUT2D eigenvalue weighted by atomic mass is 32.2. The standard InChI is InChI=1S/C21H15N3O4S2/c25-24(26)18-9-11-19(12-10-18)30(27,28)23-17-8-4-7-16(13-17)20-14-29-21(22-20)15-5-2-1-3-6-15/h1-14,23H. The number of nitro benzene ring substituents is 1. The summed E-state index contributed by atoms with van der Waals surface area (Å²) in [6.07, 6.45) is 0. The molecule has 0 radical (unpaired) electrons. The fraction of sp³-hybridized carbons (Fsp3) is 0. The monoisotopic (exact) mass is 437 g/mol. The fourth-order valence-electron chi connectivity index (χ4n) is 2.82. The van der Waals surface area contributed by atoms with Crippen molar-refractivity contribution in [2.24, 2.45) is 0 Å². The first-order valence-electron chi connectivity index (χ1n) is 8.81. The third kappa shape index (κ3) is 4.22. The van der Waals surface area contributed by atoms with Gasteiger partial charge in [-0.25, -0.2) is 13.4 Å². The molecule has 0 spiro atoms. The van der Waals surface area contributed by atoms with E-state index in [-0.39, 0.29) is 10.6 Å². The van der Waals surface area contributed by atoms with Gasteiger partial charge in [0.1, 0.15) is 5.01 Å². The number of non-ortho nitro benzene ring substituents is 1. The first-order chi connectivity index (χ1) is 14.4. The molecule has 30 heavy (non-hydrogen) atoms. The highest BCUT2D eigenvalue weighted by Gasteiger charge is 2.16. The second-order valence-corrected chi connectivity index (χ2v) is 8.88. The fourth-order valence-corrected chi connectivity index (χ4v) is 4.71. The Kier molecular flexibility index (Phi) is 5.30. The normalized spacial score (nSPS) is 11.2. The van der Waals surface area contributed by atoms with Gasteiger partial charge in [-0.3, -0.25) is 14.8 Å². The molecule has 0 aliphatic rings. The van der Waals surface area contributed by atoms with Gasteiger partial charge in [-0.05, 0) is 24.3 Å². The van der Waals surface area contributed by atoms with Gasteiger partial charge in [0.05, 0.1) is 15.5 Å². The molecule has 0 aliphatic heterocycles. The number of sulfonamides is 1. The van der Waals surface area contributed by atoms with Gasteiger partial charge >= 0.3 is 0 Å². The highest BCUT2D eigenvalue weighted by Crippen LogP contribution is 2.30. The summed E-state index contributed by atoms with van der Waals surface area (Å²) >= 11 is 1.51.